The Balaban J connectivity index is 1.66. The normalized spacial score (nSPS) is 17.4. The van der Waals surface area contributed by atoms with Crippen LogP contribution < -0.4 is 4.90 Å². The van der Waals surface area contributed by atoms with Gasteiger partial charge in [-0.25, -0.2) is 9.48 Å². The maximum atomic E-state index is 11.4. The third-order valence-corrected chi connectivity index (χ3v) is 4.36. The van der Waals surface area contributed by atoms with E-state index >= 15 is 0 Å². The number of rotatable bonds is 4. The number of fused-ring (bicyclic) bond motifs is 1. The average Bonchev–Trinajstić information content (AvgIpc) is 3.27. The summed E-state index contributed by atoms with van der Waals surface area (Å²) in [6.45, 7) is 1.52. The van der Waals surface area contributed by atoms with Crippen LogP contribution in [0.15, 0.2) is 18.2 Å². The first-order chi connectivity index (χ1) is 10.7. The van der Waals surface area contributed by atoms with Gasteiger partial charge in [0.15, 0.2) is 5.82 Å². The molecular weight excluding hydrogens is 282 g/mol. The van der Waals surface area contributed by atoms with Crippen LogP contribution in [0.2, 0.25) is 0 Å². The first-order valence-electron chi connectivity index (χ1n) is 7.61. The van der Waals surface area contributed by atoms with Crippen molar-refractivity contribution in [3.05, 3.63) is 35.2 Å². The van der Waals surface area contributed by atoms with E-state index in [9.17, 15) is 9.90 Å². The van der Waals surface area contributed by atoms with Gasteiger partial charge in [-0.3, -0.25) is 0 Å². The summed E-state index contributed by atoms with van der Waals surface area (Å²) < 4.78 is 1.91. The number of aromatic carboxylic acids is 1. The van der Waals surface area contributed by atoms with Gasteiger partial charge in [0, 0.05) is 12.2 Å². The molecule has 1 aliphatic heterocycles. The molecule has 1 aromatic heterocycles. The fourth-order valence-corrected chi connectivity index (χ4v) is 3.16. The molecule has 2 aliphatic rings. The lowest BCUT2D eigenvalue weighted by atomic mass is 9.96. The van der Waals surface area contributed by atoms with E-state index in [1.165, 1.54) is 0 Å². The SMILES string of the molecule is O=C(O)c1cccc2c1CCCN2Cc1nnnn1C1CC1. The van der Waals surface area contributed by atoms with Crippen molar-refractivity contribution < 1.29 is 9.90 Å². The summed E-state index contributed by atoms with van der Waals surface area (Å²) in [5.41, 5.74) is 2.33. The zero-order chi connectivity index (χ0) is 15.1. The molecule has 0 amide bonds. The summed E-state index contributed by atoms with van der Waals surface area (Å²) >= 11 is 0. The fraction of sp³-hybridized carbons (Fsp3) is 0.467. The number of carboxylic acids is 1. The topological polar surface area (TPSA) is 84.1 Å². The molecule has 2 heterocycles. The monoisotopic (exact) mass is 299 g/mol. The van der Waals surface area contributed by atoms with Crippen molar-refractivity contribution in [3.63, 3.8) is 0 Å². The van der Waals surface area contributed by atoms with Crippen LogP contribution >= 0.6 is 0 Å². The third kappa shape index (κ3) is 2.22. The van der Waals surface area contributed by atoms with Gasteiger partial charge in [0.05, 0.1) is 18.2 Å². The number of aromatic nitrogens is 4. The molecule has 22 heavy (non-hydrogen) atoms. The first-order valence-corrected chi connectivity index (χ1v) is 7.61. The molecule has 1 fully saturated rings. The molecule has 7 nitrogen and oxygen atoms in total. The van der Waals surface area contributed by atoms with E-state index in [1.54, 1.807) is 6.07 Å². The molecule has 1 saturated carbocycles. The summed E-state index contributed by atoms with van der Waals surface area (Å²) in [7, 11) is 0. The van der Waals surface area contributed by atoms with E-state index in [0.717, 1.165) is 49.3 Å². The standard InChI is InChI=1S/C15H17N5O2/c21-15(22)12-3-1-5-13-11(12)4-2-8-19(13)9-14-16-17-18-20(14)10-6-7-10/h1,3,5,10H,2,4,6-9H2,(H,21,22). The Bertz CT molecular complexity index is 722. The van der Waals surface area contributed by atoms with E-state index in [4.69, 9.17) is 0 Å². The highest BCUT2D eigenvalue weighted by atomic mass is 16.4. The number of benzene rings is 1. The zero-order valence-corrected chi connectivity index (χ0v) is 12.1. The van der Waals surface area contributed by atoms with Gasteiger partial charge in [-0.15, -0.1) is 5.10 Å². The molecule has 0 radical (unpaired) electrons. The molecule has 1 aliphatic carbocycles. The highest BCUT2D eigenvalue weighted by molar-refractivity contribution is 5.91. The van der Waals surface area contributed by atoms with Gasteiger partial charge in [-0.05, 0) is 53.8 Å². The van der Waals surface area contributed by atoms with Gasteiger partial charge < -0.3 is 10.0 Å². The molecular formula is C15H17N5O2. The highest BCUT2D eigenvalue weighted by Gasteiger charge is 2.29. The second-order valence-electron chi connectivity index (χ2n) is 5.90. The first kappa shape index (κ1) is 13.2. The lowest BCUT2D eigenvalue weighted by Crippen LogP contribution is -2.31. The van der Waals surface area contributed by atoms with Crippen LogP contribution in [0.3, 0.4) is 0 Å². The second-order valence-corrected chi connectivity index (χ2v) is 5.90. The summed E-state index contributed by atoms with van der Waals surface area (Å²) in [5, 5.41) is 21.4. The zero-order valence-electron chi connectivity index (χ0n) is 12.1. The average molecular weight is 299 g/mol. The smallest absolute Gasteiger partial charge is 0.336 e. The van der Waals surface area contributed by atoms with Gasteiger partial charge in [0.2, 0.25) is 0 Å². The van der Waals surface area contributed by atoms with Crippen LogP contribution in [0.1, 0.15) is 47.1 Å². The van der Waals surface area contributed by atoms with E-state index < -0.39 is 5.97 Å². The third-order valence-electron chi connectivity index (χ3n) is 4.36. The van der Waals surface area contributed by atoms with Crippen molar-refractivity contribution in [1.29, 1.82) is 0 Å². The number of nitrogens with zero attached hydrogens (tertiary/aromatic N) is 5. The Morgan fingerprint density at radius 3 is 3.00 bits per heavy atom. The van der Waals surface area contributed by atoms with Crippen molar-refractivity contribution in [2.75, 3.05) is 11.4 Å². The number of tetrazole rings is 1. The van der Waals surface area contributed by atoms with Crippen molar-refractivity contribution in [2.24, 2.45) is 0 Å². The maximum Gasteiger partial charge on any atom is 0.336 e. The molecule has 0 unspecified atom stereocenters. The minimum Gasteiger partial charge on any atom is -0.478 e. The summed E-state index contributed by atoms with van der Waals surface area (Å²) in [4.78, 5) is 13.6. The van der Waals surface area contributed by atoms with Crippen LogP contribution in [0.25, 0.3) is 0 Å². The minimum absolute atomic E-state index is 0.406. The van der Waals surface area contributed by atoms with Crippen molar-refractivity contribution >= 4 is 11.7 Å². The Kier molecular flexibility index (Phi) is 3.06. The lowest BCUT2D eigenvalue weighted by Gasteiger charge is -2.31. The summed E-state index contributed by atoms with van der Waals surface area (Å²) in [6.07, 6.45) is 4.03. The van der Waals surface area contributed by atoms with Crippen LogP contribution in [0, 0.1) is 0 Å². The van der Waals surface area contributed by atoms with Crippen LogP contribution in [-0.2, 0) is 13.0 Å². The number of carboxylic acid groups (broad SMARTS) is 1. The Morgan fingerprint density at radius 1 is 1.36 bits per heavy atom. The maximum absolute atomic E-state index is 11.4. The van der Waals surface area contributed by atoms with Crippen LogP contribution in [0.5, 0.6) is 0 Å². The Morgan fingerprint density at radius 2 is 2.23 bits per heavy atom. The molecule has 114 valence electrons. The lowest BCUT2D eigenvalue weighted by molar-refractivity contribution is 0.0695. The predicted molar refractivity (Wildman–Crippen MR) is 78.9 cm³/mol. The Labute approximate surface area is 127 Å². The van der Waals surface area contributed by atoms with Crippen LogP contribution in [-0.4, -0.2) is 37.8 Å². The largest absolute Gasteiger partial charge is 0.478 e. The van der Waals surface area contributed by atoms with Gasteiger partial charge in [0.25, 0.3) is 0 Å². The molecule has 7 heteroatoms. The van der Waals surface area contributed by atoms with Gasteiger partial charge in [-0.2, -0.15) is 0 Å². The Hall–Kier alpha value is -2.44. The fourth-order valence-electron chi connectivity index (χ4n) is 3.16. The molecule has 4 rings (SSSR count). The summed E-state index contributed by atoms with van der Waals surface area (Å²) in [5.74, 6) is -0.00223. The number of anilines is 1. The molecule has 1 N–H and O–H groups in total. The molecule has 2 aromatic rings. The van der Waals surface area contributed by atoms with Gasteiger partial charge >= 0.3 is 5.97 Å². The van der Waals surface area contributed by atoms with E-state index in [2.05, 4.69) is 20.4 Å². The van der Waals surface area contributed by atoms with Gasteiger partial charge in [-0.1, -0.05) is 6.07 Å². The minimum atomic E-state index is -0.860. The van der Waals surface area contributed by atoms with E-state index in [-0.39, 0.29) is 0 Å². The predicted octanol–water partition coefficient (Wildman–Crippen LogP) is 1.66. The highest BCUT2D eigenvalue weighted by Crippen LogP contribution is 2.35. The number of carbonyl (C=O) groups is 1. The molecule has 0 bridgehead atoms. The number of hydrogen-bond donors (Lipinski definition) is 1. The van der Waals surface area contributed by atoms with Crippen molar-refractivity contribution in [3.8, 4) is 0 Å². The second kappa shape index (κ2) is 5.08. The molecule has 0 saturated heterocycles. The van der Waals surface area contributed by atoms with Crippen molar-refractivity contribution in [1.82, 2.24) is 20.2 Å². The van der Waals surface area contributed by atoms with Crippen molar-refractivity contribution in [2.45, 2.75) is 38.3 Å². The quantitative estimate of drug-likeness (QED) is 0.924. The van der Waals surface area contributed by atoms with Gasteiger partial charge in [0.1, 0.15) is 0 Å². The van der Waals surface area contributed by atoms with E-state index in [1.807, 2.05) is 16.8 Å². The van der Waals surface area contributed by atoms with E-state index in [0.29, 0.717) is 18.2 Å². The molecule has 1 aromatic carbocycles. The molecule has 0 spiro atoms. The van der Waals surface area contributed by atoms with Crippen LogP contribution in [0.4, 0.5) is 5.69 Å². The summed E-state index contributed by atoms with van der Waals surface area (Å²) in [6, 6.07) is 5.93. The number of hydrogen-bond acceptors (Lipinski definition) is 5. The molecule has 0 atom stereocenters.